The maximum absolute atomic E-state index is 10.9. The average Bonchev–Trinajstić information content (AvgIpc) is 2.78. The summed E-state index contributed by atoms with van der Waals surface area (Å²) in [6, 6.07) is 9.65. The summed E-state index contributed by atoms with van der Waals surface area (Å²) in [5.74, 6) is 0. The van der Waals surface area contributed by atoms with Crippen LogP contribution in [0.3, 0.4) is 0 Å². The number of nitrogens with two attached hydrogens (primary N) is 1. The third kappa shape index (κ3) is 3.66. The Bertz CT molecular complexity index is 663. The van der Waals surface area contributed by atoms with Crippen LogP contribution in [0.5, 0.6) is 0 Å². The molecule has 0 aliphatic heterocycles. The molecule has 0 bridgehead atoms. The van der Waals surface area contributed by atoms with Gasteiger partial charge in [0.15, 0.2) is 12.5 Å². The van der Waals surface area contributed by atoms with Gasteiger partial charge in [0.25, 0.3) is 0 Å². The summed E-state index contributed by atoms with van der Waals surface area (Å²) in [7, 11) is 1.83. The second-order valence-corrected chi connectivity index (χ2v) is 4.38. The van der Waals surface area contributed by atoms with Gasteiger partial charge in [0.2, 0.25) is 0 Å². The first-order valence-corrected chi connectivity index (χ1v) is 6.62. The third-order valence-corrected chi connectivity index (χ3v) is 2.97. The van der Waals surface area contributed by atoms with Crippen LogP contribution in [0.25, 0.3) is 0 Å². The third-order valence-electron chi connectivity index (χ3n) is 2.97. The van der Waals surface area contributed by atoms with E-state index in [4.69, 9.17) is 5.73 Å². The van der Waals surface area contributed by atoms with Gasteiger partial charge < -0.3 is 11.1 Å². The molecule has 0 radical (unpaired) electrons. The minimum Gasteiger partial charge on any atom is -0.388 e. The highest BCUT2D eigenvalue weighted by atomic mass is 16.1. The number of benzene rings is 1. The Kier molecular flexibility index (Phi) is 5.04. The number of nitrogens with one attached hydrogen (secondary N) is 1. The van der Waals surface area contributed by atoms with Crippen molar-refractivity contribution in [2.45, 2.75) is 6.17 Å². The zero-order valence-electron chi connectivity index (χ0n) is 11.8. The fourth-order valence-corrected chi connectivity index (χ4v) is 2.00. The van der Waals surface area contributed by atoms with Gasteiger partial charge in [0.1, 0.15) is 0 Å². The number of allylic oxidation sites excluding steroid dienone is 4. The van der Waals surface area contributed by atoms with E-state index in [2.05, 4.69) is 16.0 Å². The molecule has 0 heterocycles. The van der Waals surface area contributed by atoms with Crippen LogP contribution in [0.4, 0.5) is 0 Å². The largest absolute Gasteiger partial charge is 0.388 e. The second kappa shape index (κ2) is 7.20. The van der Waals surface area contributed by atoms with E-state index in [1.54, 1.807) is 6.08 Å². The zero-order valence-corrected chi connectivity index (χ0v) is 11.8. The average molecular weight is 279 g/mol. The predicted molar refractivity (Wildman–Crippen MR) is 84.9 cm³/mol. The van der Waals surface area contributed by atoms with Gasteiger partial charge in [0, 0.05) is 23.9 Å². The molecule has 1 aromatic rings. The quantitative estimate of drug-likeness (QED) is 0.490. The molecule has 0 fully saturated rings. The molecular formula is C17H17N3O. The minimum absolute atomic E-state index is 0.622. The van der Waals surface area contributed by atoms with Crippen molar-refractivity contribution in [1.29, 1.82) is 0 Å². The molecule has 3 N–H and O–H groups in total. The Morgan fingerprint density at radius 3 is 2.67 bits per heavy atom. The van der Waals surface area contributed by atoms with Gasteiger partial charge in [-0.2, -0.15) is 0 Å². The number of aldehydes is 1. The van der Waals surface area contributed by atoms with Crippen molar-refractivity contribution in [2.24, 2.45) is 10.7 Å². The molecule has 4 nitrogen and oxygen atoms in total. The Hall–Kier alpha value is -2.68. The van der Waals surface area contributed by atoms with Crippen LogP contribution >= 0.6 is 0 Å². The summed E-state index contributed by atoms with van der Waals surface area (Å²) in [6.45, 7) is 0. The van der Waals surface area contributed by atoms with Gasteiger partial charge in [-0.1, -0.05) is 30.3 Å². The van der Waals surface area contributed by atoms with Crippen molar-refractivity contribution in [2.75, 3.05) is 7.05 Å². The minimum atomic E-state index is -0.889. The number of nitrogens with zero attached hydrogens (tertiary/aromatic N) is 1. The molecule has 0 amide bonds. The monoisotopic (exact) mass is 279 g/mol. The molecule has 2 rings (SSSR count). The fraction of sp³-hybridized carbons (Fsp3) is 0.118. The van der Waals surface area contributed by atoms with E-state index in [1.165, 1.54) is 0 Å². The molecule has 4 heteroatoms. The van der Waals surface area contributed by atoms with Crippen LogP contribution in [0.1, 0.15) is 5.56 Å². The van der Waals surface area contributed by atoms with E-state index < -0.39 is 6.17 Å². The zero-order chi connectivity index (χ0) is 15.1. The molecule has 1 aliphatic carbocycles. The van der Waals surface area contributed by atoms with Gasteiger partial charge in [-0.3, -0.25) is 9.79 Å². The number of aliphatic imine (C=N–C) groups is 1. The first-order valence-electron chi connectivity index (χ1n) is 6.62. The maximum Gasteiger partial charge on any atom is 0.158 e. The maximum atomic E-state index is 10.9. The smallest absolute Gasteiger partial charge is 0.158 e. The van der Waals surface area contributed by atoms with E-state index in [0.29, 0.717) is 12.0 Å². The normalized spacial score (nSPS) is 15.8. The summed E-state index contributed by atoms with van der Waals surface area (Å²) >= 11 is 0. The SMILES string of the molecule is CNC1=CC=C=CC=C1C(=NC(N)C=O)c1ccccc1. The van der Waals surface area contributed by atoms with E-state index in [9.17, 15) is 4.79 Å². The first kappa shape index (κ1) is 14.7. The van der Waals surface area contributed by atoms with E-state index >= 15 is 0 Å². The lowest BCUT2D eigenvalue weighted by atomic mass is 9.99. The molecule has 1 aliphatic rings. The lowest BCUT2D eigenvalue weighted by Gasteiger charge is -2.15. The topological polar surface area (TPSA) is 67.5 Å². The van der Waals surface area contributed by atoms with Crippen LogP contribution in [0.2, 0.25) is 0 Å². The Morgan fingerprint density at radius 2 is 2.00 bits per heavy atom. The molecule has 0 aromatic heterocycles. The van der Waals surface area contributed by atoms with Gasteiger partial charge >= 0.3 is 0 Å². The highest BCUT2D eigenvalue weighted by Crippen LogP contribution is 2.18. The molecule has 1 unspecified atom stereocenters. The van der Waals surface area contributed by atoms with Crippen molar-refractivity contribution in [3.8, 4) is 0 Å². The Labute approximate surface area is 124 Å². The standard InChI is InChI=1S/C17H17N3O/c1-19-15-11-7-3-6-10-14(15)17(20-16(18)12-21)13-8-4-2-5-9-13/h2,4-12,16,19H,18H2,1H3. The molecule has 0 saturated heterocycles. The summed E-state index contributed by atoms with van der Waals surface area (Å²) in [5, 5.41) is 3.13. The lowest BCUT2D eigenvalue weighted by molar-refractivity contribution is -0.108. The van der Waals surface area contributed by atoms with Crippen molar-refractivity contribution >= 4 is 12.0 Å². The van der Waals surface area contributed by atoms with Crippen LogP contribution in [-0.2, 0) is 4.79 Å². The van der Waals surface area contributed by atoms with Crippen LogP contribution in [0.15, 0.2) is 76.6 Å². The number of carbonyl (C=O) groups excluding carboxylic acids is 1. The summed E-state index contributed by atoms with van der Waals surface area (Å²) in [5.41, 5.74) is 12.0. The molecular weight excluding hydrogens is 262 g/mol. The van der Waals surface area contributed by atoms with Gasteiger partial charge in [0.05, 0.1) is 5.71 Å². The lowest BCUT2D eigenvalue weighted by Crippen LogP contribution is -2.24. The predicted octanol–water partition coefficient (Wildman–Crippen LogP) is 1.71. The molecule has 0 saturated carbocycles. The Balaban J connectivity index is 2.55. The van der Waals surface area contributed by atoms with Crippen LogP contribution in [0, 0.1) is 0 Å². The van der Waals surface area contributed by atoms with E-state index in [-0.39, 0.29) is 0 Å². The van der Waals surface area contributed by atoms with Gasteiger partial charge in [-0.15, -0.1) is 5.73 Å². The fourth-order valence-electron chi connectivity index (χ4n) is 2.00. The van der Waals surface area contributed by atoms with Crippen molar-refractivity contribution in [3.05, 3.63) is 77.2 Å². The molecule has 1 aromatic carbocycles. The van der Waals surface area contributed by atoms with Crippen molar-refractivity contribution < 1.29 is 4.79 Å². The van der Waals surface area contributed by atoms with E-state index in [0.717, 1.165) is 16.8 Å². The highest BCUT2D eigenvalue weighted by molar-refractivity contribution is 6.15. The number of rotatable bonds is 5. The second-order valence-electron chi connectivity index (χ2n) is 4.38. The number of hydrogen-bond donors (Lipinski definition) is 2. The Morgan fingerprint density at radius 1 is 1.29 bits per heavy atom. The first-order chi connectivity index (χ1) is 10.3. The van der Waals surface area contributed by atoms with Gasteiger partial charge in [-0.25, -0.2) is 0 Å². The number of likely N-dealkylation sites (N-methyl/N-ethyl adjacent to an activating group) is 1. The number of hydrogen-bond acceptors (Lipinski definition) is 4. The molecule has 1 atom stereocenters. The van der Waals surface area contributed by atoms with Crippen molar-refractivity contribution in [1.82, 2.24) is 5.32 Å². The summed E-state index contributed by atoms with van der Waals surface area (Å²) in [6.07, 6.45) is 7.16. The van der Waals surface area contributed by atoms with Crippen LogP contribution < -0.4 is 11.1 Å². The summed E-state index contributed by atoms with van der Waals surface area (Å²) in [4.78, 5) is 15.2. The van der Waals surface area contributed by atoms with Crippen molar-refractivity contribution in [3.63, 3.8) is 0 Å². The molecule has 0 spiro atoms. The van der Waals surface area contributed by atoms with Gasteiger partial charge in [-0.05, 0) is 24.3 Å². The molecule has 106 valence electrons. The molecule has 21 heavy (non-hydrogen) atoms. The highest BCUT2D eigenvalue weighted by Gasteiger charge is 2.15. The summed E-state index contributed by atoms with van der Waals surface area (Å²) < 4.78 is 0. The number of carbonyl (C=O) groups is 1. The van der Waals surface area contributed by atoms with E-state index in [1.807, 2.05) is 55.6 Å². The van der Waals surface area contributed by atoms with Crippen LogP contribution in [-0.4, -0.2) is 25.2 Å².